The molecule has 0 radical (unpaired) electrons. The van der Waals surface area contributed by atoms with E-state index >= 15 is 0 Å². The Labute approximate surface area is 290 Å². The molecule has 5 aromatic rings. The lowest BCUT2D eigenvalue weighted by Gasteiger charge is -2.31. The zero-order valence-corrected chi connectivity index (χ0v) is 28.4. The van der Waals surface area contributed by atoms with Crippen molar-refractivity contribution in [1.82, 2.24) is 25.0 Å². The van der Waals surface area contributed by atoms with Crippen LogP contribution in [-0.4, -0.2) is 70.5 Å². The fourth-order valence-corrected chi connectivity index (χ4v) is 5.48. The summed E-state index contributed by atoms with van der Waals surface area (Å²) in [5, 5.41) is 17.6. The molecule has 2 aromatic heterocycles. The Kier molecular flexibility index (Phi) is 10.1. The summed E-state index contributed by atoms with van der Waals surface area (Å²) in [6.07, 6.45) is 1.42. The minimum atomic E-state index is -0.782. The highest BCUT2D eigenvalue weighted by molar-refractivity contribution is 6.07. The van der Waals surface area contributed by atoms with E-state index < -0.39 is 18.2 Å². The maximum Gasteiger partial charge on any atom is 0.324 e. The zero-order valence-electron chi connectivity index (χ0n) is 28.4. The number of aryl methyl sites for hydroxylation is 1. The van der Waals surface area contributed by atoms with Crippen LogP contribution in [-0.2, 0) is 14.9 Å². The van der Waals surface area contributed by atoms with E-state index in [1.54, 1.807) is 28.9 Å². The first-order valence-corrected chi connectivity index (χ1v) is 16.3. The number of carbonyl (C=O) groups excluding carboxylic acids is 3. The van der Waals surface area contributed by atoms with Crippen molar-refractivity contribution in [3.63, 3.8) is 0 Å². The minimum absolute atomic E-state index is 0.227. The molecule has 0 bridgehead atoms. The van der Waals surface area contributed by atoms with Crippen molar-refractivity contribution in [2.75, 3.05) is 42.3 Å². The average Bonchev–Trinajstić information content (AvgIpc) is 3.53. The van der Waals surface area contributed by atoms with Gasteiger partial charge in [-0.05, 0) is 37.3 Å². The van der Waals surface area contributed by atoms with E-state index in [4.69, 9.17) is 14.6 Å². The summed E-state index contributed by atoms with van der Waals surface area (Å²) in [7, 11) is 0. The fourth-order valence-electron chi connectivity index (χ4n) is 5.48. The lowest BCUT2D eigenvalue weighted by atomic mass is 9.92. The Balaban J connectivity index is 1.16. The molecule has 1 unspecified atom stereocenters. The third-order valence-electron chi connectivity index (χ3n) is 8.18. The van der Waals surface area contributed by atoms with Gasteiger partial charge in [-0.3, -0.25) is 20.3 Å². The van der Waals surface area contributed by atoms with E-state index in [1.165, 1.54) is 6.20 Å². The maximum atomic E-state index is 13.4. The number of amides is 4. The van der Waals surface area contributed by atoms with Gasteiger partial charge < -0.3 is 20.1 Å². The molecule has 1 aliphatic rings. The van der Waals surface area contributed by atoms with E-state index in [-0.39, 0.29) is 11.2 Å². The van der Waals surface area contributed by atoms with E-state index in [0.717, 1.165) is 27.7 Å². The maximum absolute atomic E-state index is 13.4. The van der Waals surface area contributed by atoms with Crippen LogP contribution in [0.15, 0.2) is 85.1 Å². The number of nitrogens with one attached hydrogen (secondary N) is 4. The molecular weight excluding hydrogens is 636 g/mol. The van der Waals surface area contributed by atoms with Crippen LogP contribution in [0.2, 0.25) is 0 Å². The second-order valence-corrected chi connectivity index (χ2v) is 13.0. The van der Waals surface area contributed by atoms with Crippen molar-refractivity contribution in [3.05, 3.63) is 96.3 Å². The number of urea groups is 2. The molecule has 0 spiro atoms. The molecule has 1 aliphatic heterocycles. The Bertz CT molecular complexity index is 2000. The first-order chi connectivity index (χ1) is 24.1. The number of carbonyl (C=O) groups is 3. The number of hydrogen-bond acceptors (Lipinski definition) is 8. The number of ether oxygens (including phenoxy) is 2. The number of aldehydes is 1. The van der Waals surface area contributed by atoms with Gasteiger partial charge in [0.15, 0.2) is 6.29 Å². The van der Waals surface area contributed by atoms with Gasteiger partial charge in [-0.1, -0.05) is 62.7 Å². The molecule has 258 valence electrons. The normalized spacial score (nSPS) is 14.1. The predicted octanol–water partition coefficient (Wildman–Crippen LogP) is 6.44. The number of rotatable bonds is 9. The number of benzene rings is 3. The smallest absolute Gasteiger partial charge is 0.324 e. The van der Waals surface area contributed by atoms with Crippen molar-refractivity contribution < 1.29 is 23.9 Å². The molecule has 13 heteroatoms. The number of aromatic nitrogens is 3. The molecule has 13 nitrogen and oxygen atoms in total. The van der Waals surface area contributed by atoms with Crippen molar-refractivity contribution >= 4 is 46.4 Å². The quantitative estimate of drug-likeness (QED) is 0.130. The van der Waals surface area contributed by atoms with E-state index in [1.807, 2.05) is 66.4 Å². The summed E-state index contributed by atoms with van der Waals surface area (Å²) in [5.41, 5.74) is 3.16. The summed E-state index contributed by atoms with van der Waals surface area (Å²) >= 11 is 0. The van der Waals surface area contributed by atoms with Crippen molar-refractivity contribution in [2.45, 2.75) is 39.3 Å². The highest BCUT2D eigenvalue weighted by Crippen LogP contribution is 2.35. The first-order valence-electron chi connectivity index (χ1n) is 16.3. The van der Waals surface area contributed by atoms with Crippen LogP contribution in [0.1, 0.15) is 32.0 Å². The number of hydrogen-bond donors (Lipinski definition) is 4. The second kappa shape index (κ2) is 14.8. The number of fused-ring (bicyclic) bond motifs is 1. The number of morpholine rings is 1. The van der Waals surface area contributed by atoms with Gasteiger partial charge in [0.2, 0.25) is 0 Å². The predicted molar refractivity (Wildman–Crippen MR) is 192 cm³/mol. The highest BCUT2D eigenvalue weighted by atomic mass is 16.5. The van der Waals surface area contributed by atoms with Crippen LogP contribution >= 0.6 is 0 Å². The molecule has 0 saturated carbocycles. The Morgan fingerprint density at radius 1 is 0.900 bits per heavy atom. The molecule has 4 N–H and O–H groups in total. The van der Waals surface area contributed by atoms with E-state index in [2.05, 4.69) is 47.0 Å². The third kappa shape index (κ3) is 8.08. The molecule has 6 rings (SSSR count). The number of pyridine rings is 1. The van der Waals surface area contributed by atoms with Crippen LogP contribution in [0, 0.1) is 6.92 Å². The van der Waals surface area contributed by atoms with Crippen molar-refractivity contribution in [3.8, 4) is 17.2 Å². The van der Waals surface area contributed by atoms with Crippen molar-refractivity contribution in [1.29, 1.82) is 0 Å². The number of nitrogens with zero attached hydrogens (tertiary/aromatic N) is 4. The molecule has 4 amide bonds. The van der Waals surface area contributed by atoms with Crippen molar-refractivity contribution in [2.24, 2.45) is 0 Å². The third-order valence-corrected chi connectivity index (χ3v) is 8.18. The van der Waals surface area contributed by atoms with Gasteiger partial charge in [0.05, 0.1) is 30.3 Å². The lowest BCUT2D eigenvalue weighted by Crippen LogP contribution is -2.54. The second-order valence-electron chi connectivity index (χ2n) is 13.0. The van der Waals surface area contributed by atoms with Crippen LogP contribution in [0.4, 0.5) is 26.9 Å². The number of anilines is 3. The Morgan fingerprint density at radius 2 is 1.64 bits per heavy atom. The van der Waals surface area contributed by atoms with Crippen LogP contribution in [0.3, 0.4) is 0 Å². The molecule has 50 heavy (non-hydrogen) atoms. The van der Waals surface area contributed by atoms with Crippen LogP contribution in [0.25, 0.3) is 16.5 Å². The molecule has 1 saturated heterocycles. The van der Waals surface area contributed by atoms with Gasteiger partial charge in [-0.25, -0.2) is 19.3 Å². The van der Waals surface area contributed by atoms with E-state index in [0.29, 0.717) is 55.6 Å². The van der Waals surface area contributed by atoms with Gasteiger partial charge in [-0.15, -0.1) is 0 Å². The van der Waals surface area contributed by atoms with Crippen LogP contribution < -0.4 is 26.0 Å². The molecule has 3 heterocycles. The van der Waals surface area contributed by atoms with Gasteiger partial charge in [0.1, 0.15) is 29.3 Å². The standard InChI is InChI=1S/C37H40N8O5/c1-24-9-11-25(12-10-24)45-33(22-31(43-45)37(2,3)4)41-35(47)39-29-13-14-30(28-8-6-5-7-27(28)29)50-26-15-16-38-32(21-26)40-36(48)42-34(23-46)44-17-19-49-20-18-44/h5-16,21-23,34H,17-20H2,1-4H3,(H2,39,41,47)(H2,38,40,42,48). The van der Waals surface area contributed by atoms with Gasteiger partial charge in [-0.2, -0.15) is 5.10 Å². The summed E-state index contributed by atoms with van der Waals surface area (Å²) in [6.45, 7) is 10.3. The van der Waals surface area contributed by atoms with Crippen LogP contribution in [0.5, 0.6) is 11.5 Å². The van der Waals surface area contributed by atoms with Gasteiger partial charge in [0, 0.05) is 47.6 Å². The molecular formula is C37H40N8O5. The topological polar surface area (TPSA) is 152 Å². The summed E-state index contributed by atoms with van der Waals surface area (Å²) in [4.78, 5) is 43.8. The largest absolute Gasteiger partial charge is 0.457 e. The SMILES string of the molecule is Cc1ccc(-n2nc(C(C)(C)C)cc2NC(=O)Nc2ccc(Oc3ccnc(NC(=O)NC(C=O)N4CCOCC4)c3)c3ccccc23)cc1. The first kappa shape index (κ1) is 34.1. The minimum Gasteiger partial charge on any atom is -0.457 e. The summed E-state index contributed by atoms with van der Waals surface area (Å²) in [5.74, 6) is 1.75. The summed E-state index contributed by atoms with van der Waals surface area (Å²) < 4.78 is 13.3. The molecule has 1 fully saturated rings. The van der Waals surface area contributed by atoms with Gasteiger partial charge >= 0.3 is 12.1 Å². The monoisotopic (exact) mass is 676 g/mol. The Morgan fingerprint density at radius 3 is 2.36 bits per heavy atom. The Hall–Kier alpha value is -5.79. The molecule has 3 aromatic carbocycles. The summed E-state index contributed by atoms with van der Waals surface area (Å²) in [6, 6.07) is 23.2. The fraction of sp³-hybridized carbons (Fsp3) is 0.270. The molecule has 0 aliphatic carbocycles. The molecule has 1 atom stereocenters. The lowest BCUT2D eigenvalue weighted by molar-refractivity contribution is -0.114. The average molecular weight is 677 g/mol. The zero-order chi connectivity index (χ0) is 35.3. The van der Waals surface area contributed by atoms with Gasteiger partial charge in [0.25, 0.3) is 0 Å². The highest BCUT2D eigenvalue weighted by Gasteiger charge is 2.23. The van der Waals surface area contributed by atoms with E-state index in [9.17, 15) is 14.4 Å².